The molecule has 0 bridgehead atoms. The van der Waals surface area contributed by atoms with Gasteiger partial charge in [0.2, 0.25) is 0 Å². The predicted octanol–water partition coefficient (Wildman–Crippen LogP) is 2.96. The number of carbonyl (C=O) groups is 1. The third kappa shape index (κ3) is 2.84. The summed E-state index contributed by atoms with van der Waals surface area (Å²) in [4.78, 5) is 11.9. The third-order valence-electron chi connectivity index (χ3n) is 2.77. The molecule has 0 atom stereocenters. The first-order valence-electron chi connectivity index (χ1n) is 5.90. The quantitative estimate of drug-likeness (QED) is 0.546. The largest absolute Gasteiger partial charge is 0.463 e. The van der Waals surface area contributed by atoms with Crippen LogP contribution in [0.15, 0.2) is 60.3 Å². The second-order valence-corrected chi connectivity index (χ2v) is 3.99. The lowest BCUT2D eigenvalue weighted by Crippen LogP contribution is -2.14. The molecule has 2 nitrogen and oxygen atoms in total. The predicted molar refractivity (Wildman–Crippen MR) is 68.3 cm³/mol. The highest BCUT2D eigenvalue weighted by Crippen LogP contribution is 2.24. The van der Waals surface area contributed by atoms with Crippen molar-refractivity contribution in [3.63, 3.8) is 0 Å². The van der Waals surface area contributed by atoms with Gasteiger partial charge < -0.3 is 4.74 Å². The summed E-state index contributed by atoms with van der Waals surface area (Å²) >= 11 is 0. The van der Waals surface area contributed by atoms with Crippen LogP contribution in [0.1, 0.15) is 6.92 Å². The Morgan fingerprint density at radius 3 is 2.29 bits per heavy atom. The maximum Gasteiger partial charge on any atom is 0.334 e. The van der Waals surface area contributed by atoms with Crippen LogP contribution < -0.4 is 0 Å². The summed E-state index contributed by atoms with van der Waals surface area (Å²) < 4.78 is 5.10. The van der Waals surface area contributed by atoms with Gasteiger partial charge in [-0.25, -0.2) is 4.79 Å². The van der Waals surface area contributed by atoms with Gasteiger partial charge in [0.15, 0.2) is 0 Å². The Bertz CT molecular complexity index is 412. The second kappa shape index (κ2) is 5.48. The van der Waals surface area contributed by atoms with E-state index in [-0.39, 0.29) is 17.8 Å². The summed E-state index contributed by atoms with van der Waals surface area (Å²) in [5, 5.41) is 0. The molecule has 0 saturated heterocycles. The molecule has 2 aliphatic carbocycles. The van der Waals surface area contributed by atoms with Crippen LogP contribution >= 0.6 is 0 Å². The summed E-state index contributed by atoms with van der Waals surface area (Å²) in [6.07, 6.45) is 18.0. The van der Waals surface area contributed by atoms with Crippen LogP contribution in [0.4, 0.5) is 0 Å². The molecular weight excluding hydrogens is 212 g/mol. The van der Waals surface area contributed by atoms with E-state index in [0.29, 0.717) is 6.61 Å². The highest BCUT2D eigenvalue weighted by atomic mass is 16.5. The van der Waals surface area contributed by atoms with Crippen molar-refractivity contribution in [2.24, 2.45) is 11.8 Å². The lowest BCUT2D eigenvalue weighted by molar-refractivity contribution is -0.138. The Hall–Kier alpha value is -1.83. The molecule has 0 aromatic rings. The third-order valence-corrected chi connectivity index (χ3v) is 2.77. The van der Waals surface area contributed by atoms with E-state index in [0.717, 1.165) is 5.57 Å². The lowest BCUT2D eigenvalue weighted by Gasteiger charge is -2.12. The van der Waals surface area contributed by atoms with E-state index in [2.05, 4.69) is 12.2 Å². The molecule has 2 aliphatic rings. The Kier molecular flexibility index (Phi) is 3.76. The van der Waals surface area contributed by atoms with Crippen molar-refractivity contribution in [3.8, 4) is 0 Å². The summed E-state index contributed by atoms with van der Waals surface area (Å²) in [5.41, 5.74) is 0.720. The average molecular weight is 228 g/mol. The fourth-order valence-corrected chi connectivity index (χ4v) is 1.94. The molecular formula is C15H16O2. The minimum Gasteiger partial charge on any atom is -0.463 e. The molecule has 0 aromatic carbocycles. The van der Waals surface area contributed by atoms with Crippen LogP contribution in [0.3, 0.4) is 0 Å². The van der Waals surface area contributed by atoms with Crippen molar-refractivity contribution in [1.82, 2.24) is 0 Å². The fraction of sp³-hybridized carbons (Fsp3) is 0.267. The van der Waals surface area contributed by atoms with Gasteiger partial charge in [0, 0.05) is 17.4 Å². The van der Waals surface area contributed by atoms with E-state index in [4.69, 9.17) is 4.74 Å². The maximum absolute atomic E-state index is 11.9. The van der Waals surface area contributed by atoms with Gasteiger partial charge in [-0.05, 0) is 6.92 Å². The minimum atomic E-state index is -0.220. The smallest absolute Gasteiger partial charge is 0.334 e. The van der Waals surface area contributed by atoms with Gasteiger partial charge in [-0.15, -0.1) is 0 Å². The maximum atomic E-state index is 11.9. The van der Waals surface area contributed by atoms with Gasteiger partial charge >= 0.3 is 5.97 Å². The normalized spacial score (nSPS) is 19.5. The zero-order chi connectivity index (χ0) is 12.1. The summed E-state index contributed by atoms with van der Waals surface area (Å²) in [7, 11) is 0. The first kappa shape index (κ1) is 11.6. The molecule has 0 heterocycles. The highest BCUT2D eigenvalue weighted by molar-refractivity contribution is 5.90. The van der Waals surface area contributed by atoms with Gasteiger partial charge in [0.05, 0.1) is 6.61 Å². The summed E-state index contributed by atoms with van der Waals surface area (Å²) in [6, 6.07) is 0. The Morgan fingerprint density at radius 1 is 1.12 bits per heavy atom. The van der Waals surface area contributed by atoms with Crippen LogP contribution in [-0.4, -0.2) is 12.6 Å². The molecule has 0 spiro atoms. The Labute approximate surface area is 102 Å². The van der Waals surface area contributed by atoms with Crippen molar-refractivity contribution in [1.29, 1.82) is 0 Å². The van der Waals surface area contributed by atoms with Crippen molar-refractivity contribution >= 4 is 5.97 Å². The van der Waals surface area contributed by atoms with Crippen LogP contribution in [0.5, 0.6) is 0 Å². The van der Waals surface area contributed by atoms with Crippen molar-refractivity contribution < 1.29 is 9.53 Å². The van der Waals surface area contributed by atoms with E-state index >= 15 is 0 Å². The van der Waals surface area contributed by atoms with Crippen LogP contribution in [0.2, 0.25) is 0 Å². The molecule has 2 heteroatoms. The van der Waals surface area contributed by atoms with E-state index in [1.807, 2.05) is 49.5 Å². The van der Waals surface area contributed by atoms with E-state index in [1.165, 1.54) is 0 Å². The number of hydrogen-bond acceptors (Lipinski definition) is 2. The van der Waals surface area contributed by atoms with E-state index in [9.17, 15) is 4.79 Å². The molecule has 0 unspecified atom stereocenters. The molecule has 0 N–H and O–H groups in total. The van der Waals surface area contributed by atoms with Gasteiger partial charge in [0.25, 0.3) is 0 Å². The lowest BCUT2D eigenvalue weighted by atomic mass is 9.96. The van der Waals surface area contributed by atoms with Crippen molar-refractivity contribution in [2.45, 2.75) is 6.92 Å². The molecule has 17 heavy (non-hydrogen) atoms. The summed E-state index contributed by atoms with van der Waals surface area (Å²) in [5.74, 6) is 0.0376. The number of allylic oxidation sites excluding steroid dienone is 9. The second-order valence-electron chi connectivity index (χ2n) is 3.99. The number of ether oxygens (including phenoxy) is 1. The number of hydrogen-bond donors (Lipinski definition) is 0. The molecule has 0 amide bonds. The topological polar surface area (TPSA) is 26.3 Å². The molecule has 2 rings (SSSR count). The van der Waals surface area contributed by atoms with Crippen LogP contribution in [0.25, 0.3) is 0 Å². The monoisotopic (exact) mass is 228 g/mol. The van der Waals surface area contributed by atoms with Gasteiger partial charge in [-0.3, -0.25) is 0 Å². The van der Waals surface area contributed by atoms with E-state index < -0.39 is 0 Å². The Morgan fingerprint density at radius 2 is 1.71 bits per heavy atom. The zero-order valence-electron chi connectivity index (χ0n) is 9.87. The minimum absolute atomic E-state index is 0.0523. The molecule has 0 radical (unpaired) electrons. The molecule has 0 aliphatic heterocycles. The number of rotatable bonds is 4. The molecule has 88 valence electrons. The first-order chi connectivity index (χ1) is 8.31. The van der Waals surface area contributed by atoms with Gasteiger partial charge in [0.1, 0.15) is 0 Å². The SMILES string of the molecule is CCOC(=O)C(=CC1C=CC=C1)C1C=CC=C1. The molecule has 0 saturated carbocycles. The van der Waals surface area contributed by atoms with Gasteiger partial charge in [-0.1, -0.05) is 54.7 Å². The van der Waals surface area contributed by atoms with Crippen molar-refractivity contribution in [2.75, 3.05) is 6.61 Å². The number of esters is 1. The number of carbonyl (C=O) groups excluding carboxylic acids is 1. The van der Waals surface area contributed by atoms with E-state index in [1.54, 1.807) is 0 Å². The Balaban J connectivity index is 2.19. The summed E-state index contributed by atoms with van der Waals surface area (Å²) in [6.45, 7) is 2.23. The van der Waals surface area contributed by atoms with Crippen molar-refractivity contribution in [3.05, 3.63) is 60.3 Å². The molecule has 0 fully saturated rings. The standard InChI is InChI=1S/C15H16O2/c1-2-17-15(16)14(13-9-5-6-10-13)11-12-7-3-4-8-12/h3-13H,2H2,1H3. The molecule has 0 aromatic heterocycles. The first-order valence-corrected chi connectivity index (χ1v) is 5.90. The van der Waals surface area contributed by atoms with Gasteiger partial charge in [-0.2, -0.15) is 0 Å². The van der Waals surface area contributed by atoms with Crippen LogP contribution in [0, 0.1) is 11.8 Å². The van der Waals surface area contributed by atoms with Crippen LogP contribution in [-0.2, 0) is 9.53 Å². The zero-order valence-corrected chi connectivity index (χ0v) is 9.87. The highest BCUT2D eigenvalue weighted by Gasteiger charge is 2.20. The fourth-order valence-electron chi connectivity index (χ4n) is 1.94. The average Bonchev–Trinajstić information content (AvgIpc) is 2.99.